The topological polar surface area (TPSA) is 101 Å². The molecule has 0 spiro atoms. The normalized spacial score (nSPS) is 17.2. The van der Waals surface area contributed by atoms with Crippen LogP contribution in [0.2, 0.25) is 0 Å². The number of esters is 1. The molecule has 0 saturated carbocycles. The van der Waals surface area contributed by atoms with Crippen LogP contribution in [-0.2, 0) is 14.3 Å². The minimum Gasteiger partial charge on any atom is -0.462 e. The number of carbonyl (C=O) groups is 3. The lowest BCUT2D eigenvalue weighted by Gasteiger charge is -2.13. The molecule has 1 fully saturated rings. The van der Waals surface area contributed by atoms with Crippen LogP contribution in [0, 0.1) is 0 Å². The van der Waals surface area contributed by atoms with Gasteiger partial charge < -0.3 is 10.1 Å². The van der Waals surface area contributed by atoms with Crippen LogP contribution in [0.4, 0.5) is 10.8 Å². The lowest BCUT2D eigenvalue weighted by molar-refractivity contribution is -0.127. The average molecular weight is 445 g/mol. The van der Waals surface area contributed by atoms with Crippen LogP contribution in [-0.4, -0.2) is 51.2 Å². The number of rotatable bonds is 8. The smallest absolute Gasteiger partial charge is 0.338 e. The van der Waals surface area contributed by atoms with Gasteiger partial charge in [-0.2, -0.15) is 4.99 Å². The number of amidine groups is 1. The number of anilines is 1. The summed E-state index contributed by atoms with van der Waals surface area (Å²) in [6, 6.07) is 6.39. The first kappa shape index (κ1) is 21.7. The second-order valence-corrected chi connectivity index (χ2v) is 8.15. The monoisotopic (exact) mass is 444 g/mol. The van der Waals surface area contributed by atoms with Crippen molar-refractivity contribution in [1.82, 2.24) is 9.88 Å². The van der Waals surface area contributed by atoms with Crippen LogP contribution in [0.15, 0.2) is 53.5 Å². The van der Waals surface area contributed by atoms with E-state index in [-0.39, 0.29) is 18.2 Å². The van der Waals surface area contributed by atoms with Gasteiger partial charge in [0.1, 0.15) is 5.25 Å². The lowest BCUT2D eigenvalue weighted by atomic mass is 10.2. The van der Waals surface area contributed by atoms with E-state index in [2.05, 4.69) is 21.9 Å². The number of carbonyl (C=O) groups excluding carboxylic acids is 3. The Balaban J connectivity index is 1.64. The molecule has 0 unspecified atom stereocenters. The molecule has 1 aliphatic heterocycles. The number of aromatic nitrogens is 1. The van der Waals surface area contributed by atoms with E-state index in [0.717, 1.165) is 0 Å². The SMILES string of the molecule is C=CCN1C(=O)[C@@H](CC(=O)Nc2ccc(C(=O)OCC)cc2)SC1=Nc1nccs1. The molecule has 1 N–H and O–H groups in total. The molecule has 2 amide bonds. The van der Waals surface area contributed by atoms with E-state index in [4.69, 9.17) is 4.74 Å². The molecular formula is C20H20N4O4S2. The summed E-state index contributed by atoms with van der Waals surface area (Å²) in [4.78, 5) is 46.9. The van der Waals surface area contributed by atoms with E-state index < -0.39 is 11.2 Å². The largest absolute Gasteiger partial charge is 0.462 e. The van der Waals surface area contributed by atoms with Crippen molar-refractivity contribution in [3.8, 4) is 0 Å². The van der Waals surface area contributed by atoms with Crippen molar-refractivity contribution < 1.29 is 19.1 Å². The average Bonchev–Trinajstić information content (AvgIpc) is 3.33. The van der Waals surface area contributed by atoms with E-state index in [9.17, 15) is 14.4 Å². The number of thiazole rings is 1. The van der Waals surface area contributed by atoms with Gasteiger partial charge in [0.2, 0.25) is 16.9 Å². The second-order valence-electron chi connectivity index (χ2n) is 6.10. The maximum absolute atomic E-state index is 12.7. The van der Waals surface area contributed by atoms with Gasteiger partial charge in [-0.15, -0.1) is 17.9 Å². The Bertz CT molecular complexity index is 958. The Morgan fingerprint density at radius 2 is 2.13 bits per heavy atom. The van der Waals surface area contributed by atoms with Crippen LogP contribution >= 0.6 is 23.1 Å². The highest BCUT2D eigenvalue weighted by atomic mass is 32.2. The van der Waals surface area contributed by atoms with Gasteiger partial charge in [0.15, 0.2) is 5.17 Å². The molecule has 156 valence electrons. The molecule has 10 heteroatoms. The number of nitrogens with zero attached hydrogens (tertiary/aromatic N) is 3. The fraction of sp³-hybridized carbons (Fsp3) is 0.250. The van der Waals surface area contributed by atoms with Gasteiger partial charge in [-0.1, -0.05) is 17.8 Å². The number of thioether (sulfide) groups is 1. The number of nitrogens with one attached hydrogen (secondary N) is 1. The first-order valence-electron chi connectivity index (χ1n) is 9.16. The zero-order valence-corrected chi connectivity index (χ0v) is 17.9. The van der Waals surface area contributed by atoms with Crippen LogP contribution in [0.25, 0.3) is 0 Å². The van der Waals surface area contributed by atoms with Crippen molar-refractivity contribution in [2.75, 3.05) is 18.5 Å². The minimum absolute atomic E-state index is 0.00629. The predicted molar refractivity (Wildman–Crippen MR) is 118 cm³/mol. The Kier molecular flexibility index (Phi) is 7.36. The Labute approximate surface area is 182 Å². The van der Waals surface area contributed by atoms with Crippen molar-refractivity contribution in [3.63, 3.8) is 0 Å². The fourth-order valence-corrected chi connectivity index (χ4v) is 4.37. The van der Waals surface area contributed by atoms with Crippen molar-refractivity contribution >= 4 is 56.9 Å². The molecule has 8 nitrogen and oxygen atoms in total. The van der Waals surface area contributed by atoms with Gasteiger partial charge in [0.25, 0.3) is 0 Å². The van der Waals surface area contributed by atoms with Gasteiger partial charge in [0.05, 0.1) is 12.2 Å². The summed E-state index contributed by atoms with van der Waals surface area (Å²) in [6.07, 6.45) is 3.25. The third kappa shape index (κ3) is 5.33. The van der Waals surface area contributed by atoms with Crippen LogP contribution in [0.1, 0.15) is 23.7 Å². The zero-order chi connectivity index (χ0) is 21.5. The molecule has 0 bridgehead atoms. The molecule has 1 atom stereocenters. The van der Waals surface area contributed by atoms with Crippen LogP contribution in [0.5, 0.6) is 0 Å². The Morgan fingerprint density at radius 3 is 2.77 bits per heavy atom. The number of hydrogen-bond acceptors (Lipinski definition) is 8. The number of hydrogen-bond donors (Lipinski definition) is 1. The first-order chi connectivity index (χ1) is 14.5. The summed E-state index contributed by atoms with van der Waals surface area (Å²) in [6.45, 7) is 6.02. The maximum Gasteiger partial charge on any atom is 0.338 e. The third-order valence-electron chi connectivity index (χ3n) is 3.99. The minimum atomic E-state index is -0.581. The lowest BCUT2D eigenvalue weighted by Crippen LogP contribution is -2.33. The summed E-state index contributed by atoms with van der Waals surface area (Å²) >= 11 is 2.61. The first-order valence-corrected chi connectivity index (χ1v) is 10.9. The van der Waals surface area contributed by atoms with Crippen molar-refractivity contribution in [2.24, 2.45) is 4.99 Å². The summed E-state index contributed by atoms with van der Waals surface area (Å²) < 4.78 is 4.93. The molecule has 1 saturated heterocycles. The Morgan fingerprint density at radius 1 is 1.37 bits per heavy atom. The fourth-order valence-electron chi connectivity index (χ4n) is 2.66. The van der Waals surface area contributed by atoms with Crippen molar-refractivity contribution in [2.45, 2.75) is 18.6 Å². The molecule has 2 aromatic rings. The second kappa shape index (κ2) is 10.2. The van der Waals surface area contributed by atoms with Gasteiger partial charge in [0, 0.05) is 30.2 Å². The van der Waals surface area contributed by atoms with Gasteiger partial charge in [-0.3, -0.25) is 14.5 Å². The number of amides is 2. The van der Waals surface area contributed by atoms with Crippen LogP contribution < -0.4 is 5.32 Å². The molecular weight excluding hydrogens is 424 g/mol. The summed E-state index contributed by atoms with van der Waals surface area (Å²) in [5, 5.41) is 5.02. The standard InChI is InChI=1S/C20H20N4O4S2/c1-3-10-24-17(26)15(30-20(24)23-19-21-9-11-29-19)12-16(25)22-14-7-5-13(6-8-14)18(27)28-4-2/h3,5-9,11,15H,1,4,10,12H2,2H3,(H,22,25)/t15-/m1/s1. The number of ether oxygens (including phenoxy) is 1. The van der Waals surface area contributed by atoms with E-state index >= 15 is 0 Å². The number of aliphatic imine (C=N–C) groups is 1. The van der Waals surface area contributed by atoms with E-state index in [1.165, 1.54) is 28.0 Å². The molecule has 0 radical (unpaired) electrons. The molecule has 30 heavy (non-hydrogen) atoms. The summed E-state index contributed by atoms with van der Waals surface area (Å²) in [7, 11) is 0. The highest BCUT2D eigenvalue weighted by Gasteiger charge is 2.38. The summed E-state index contributed by atoms with van der Waals surface area (Å²) in [5.74, 6) is -0.917. The highest BCUT2D eigenvalue weighted by molar-refractivity contribution is 8.15. The molecule has 3 rings (SSSR count). The molecule has 1 aromatic carbocycles. The van der Waals surface area contributed by atoms with E-state index in [1.807, 2.05) is 0 Å². The quantitative estimate of drug-likeness (QED) is 0.494. The molecule has 1 aliphatic rings. The zero-order valence-electron chi connectivity index (χ0n) is 16.2. The Hall–Kier alpha value is -2.98. The van der Waals surface area contributed by atoms with Gasteiger partial charge >= 0.3 is 5.97 Å². The highest BCUT2D eigenvalue weighted by Crippen LogP contribution is 2.32. The van der Waals surface area contributed by atoms with Gasteiger partial charge in [-0.25, -0.2) is 9.78 Å². The molecule has 2 heterocycles. The predicted octanol–water partition coefficient (Wildman–Crippen LogP) is 3.47. The number of benzene rings is 1. The maximum atomic E-state index is 12.7. The van der Waals surface area contributed by atoms with E-state index in [0.29, 0.717) is 34.7 Å². The summed E-state index contributed by atoms with van der Waals surface area (Å²) in [5.41, 5.74) is 0.933. The third-order valence-corrected chi connectivity index (χ3v) is 5.83. The van der Waals surface area contributed by atoms with Crippen LogP contribution in [0.3, 0.4) is 0 Å². The van der Waals surface area contributed by atoms with E-state index in [1.54, 1.807) is 48.8 Å². The van der Waals surface area contributed by atoms with Crippen molar-refractivity contribution in [3.05, 3.63) is 54.1 Å². The van der Waals surface area contributed by atoms with Gasteiger partial charge in [-0.05, 0) is 31.2 Å². The van der Waals surface area contributed by atoms with Crippen molar-refractivity contribution in [1.29, 1.82) is 0 Å². The molecule has 0 aliphatic carbocycles. The molecule has 1 aromatic heterocycles.